The minimum Gasteiger partial charge on any atom is -0.353 e. The van der Waals surface area contributed by atoms with Gasteiger partial charge in [-0.3, -0.25) is 4.79 Å². The molecule has 1 atom stereocenters. The van der Waals surface area contributed by atoms with Gasteiger partial charge in [-0.2, -0.15) is 0 Å². The predicted molar refractivity (Wildman–Crippen MR) is 87.5 cm³/mol. The average Bonchev–Trinajstić information content (AvgIpc) is 2.46. The van der Waals surface area contributed by atoms with Crippen LogP contribution in [0.4, 0.5) is 0 Å². The van der Waals surface area contributed by atoms with E-state index in [0.29, 0.717) is 11.4 Å². The number of rotatable bonds is 6. The maximum Gasteiger partial charge on any atom is 0.224 e. The molecule has 0 aliphatic heterocycles. The molecular weight excluding hydrogens is 282 g/mol. The number of benzene rings is 2. The van der Waals surface area contributed by atoms with Gasteiger partial charge in [-0.15, -0.1) is 0 Å². The maximum atomic E-state index is 12.0. The fourth-order valence-electron chi connectivity index (χ4n) is 2.26. The molecule has 0 spiro atoms. The third-order valence-corrected chi connectivity index (χ3v) is 3.61. The zero-order valence-corrected chi connectivity index (χ0v) is 12.9. The van der Waals surface area contributed by atoms with Crippen LogP contribution in [-0.2, 0) is 17.6 Å². The van der Waals surface area contributed by atoms with Crippen LogP contribution in [0.3, 0.4) is 0 Å². The van der Waals surface area contributed by atoms with E-state index in [-0.39, 0.29) is 11.9 Å². The summed E-state index contributed by atoms with van der Waals surface area (Å²) in [5, 5.41) is 3.70. The second-order valence-electron chi connectivity index (χ2n) is 5.30. The molecule has 0 saturated heterocycles. The lowest BCUT2D eigenvalue weighted by atomic mass is 10.1. The van der Waals surface area contributed by atoms with Crippen LogP contribution in [0.25, 0.3) is 0 Å². The van der Waals surface area contributed by atoms with Crippen LogP contribution in [-0.4, -0.2) is 11.9 Å². The van der Waals surface area contributed by atoms with Crippen molar-refractivity contribution < 1.29 is 4.79 Å². The molecule has 0 aromatic heterocycles. The second-order valence-corrected chi connectivity index (χ2v) is 5.74. The van der Waals surface area contributed by atoms with Crippen LogP contribution in [0, 0.1) is 0 Å². The van der Waals surface area contributed by atoms with Crippen molar-refractivity contribution in [3.05, 3.63) is 70.7 Å². The highest BCUT2D eigenvalue weighted by molar-refractivity contribution is 6.30. The largest absolute Gasteiger partial charge is 0.353 e. The Morgan fingerprint density at radius 2 is 1.81 bits per heavy atom. The molecular formula is C18H20ClNO. The van der Waals surface area contributed by atoms with Crippen molar-refractivity contribution in [1.82, 2.24) is 5.32 Å². The monoisotopic (exact) mass is 301 g/mol. The predicted octanol–water partition coefficient (Wildman–Crippen LogP) is 4.02. The van der Waals surface area contributed by atoms with E-state index in [9.17, 15) is 4.79 Å². The number of carbonyl (C=O) groups excluding carboxylic acids is 1. The van der Waals surface area contributed by atoms with E-state index >= 15 is 0 Å². The van der Waals surface area contributed by atoms with Gasteiger partial charge in [-0.25, -0.2) is 0 Å². The highest BCUT2D eigenvalue weighted by Gasteiger charge is 2.08. The number of aryl methyl sites for hydroxylation is 1. The Bertz CT molecular complexity index is 583. The zero-order valence-electron chi connectivity index (χ0n) is 12.2. The molecule has 1 amide bonds. The van der Waals surface area contributed by atoms with E-state index in [1.807, 2.05) is 49.4 Å². The number of hydrogen-bond acceptors (Lipinski definition) is 1. The number of amides is 1. The summed E-state index contributed by atoms with van der Waals surface area (Å²) in [6.45, 7) is 2.04. The second kappa shape index (κ2) is 7.84. The fourth-order valence-corrected chi connectivity index (χ4v) is 2.47. The van der Waals surface area contributed by atoms with E-state index < -0.39 is 0 Å². The van der Waals surface area contributed by atoms with Gasteiger partial charge in [0, 0.05) is 11.1 Å². The smallest absolute Gasteiger partial charge is 0.224 e. The molecule has 1 N–H and O–H groups in total. The third kappa shape index (κ3) is 5.60. The van der Waals surface area contributed by atoms with Crippen molar-refractivity contribution >= 4 is 17.5 Å². The Morgan fingerprint density at radius 1 is 1.10 bits per heavy atom. The minimum absolute atomic E-state index is 0.0397. The van der Waals surface area contributed by atoms with Crippen LogP contribution < -0.4 is 5.32 Å². The van der Waals surface area contributed by atoms with Gasteiger partial charge in [-0.1, -0.05) is 54.1 Å². The fraction of sp³-hybridized carbons (Fsp3) is 0.278. The molecule has 0 saturated carbocycles. The summed E-state index contributed by atoms with van der Waals surface area (Å²) in [5.41, 5.74) is 2.24. The van der Waals surface area contributed by atoms with Crippen molar-refractivity contribution in [2.75, 3.05) is 0 Å². The lowest BCUT2D eigenvalue weighted by Gasteiger charge is -2.14. The van der Waals surface area contributed by atoms with Gasteiger partial charge in [0.15, 0.2) is 0 Å². The van der Waals surface area contributed by atoms with Crippen molar-refractivity contribution in [2.45, 2.75) is 32.2 Å². The molecule has 2 nitrogen and oxygen atoms in total. The van der Waals surface area contributed by atoms with E-state index in [4.69, 9.17) is 11.6 Å². The first-order valence-electron chi connectivity index (χ1n) is 7.21. The summed E-state index contributed by atoms with van der Waals surface area (Å²) in [7, 11) is 0. The topological polar surface area (TPSA) is 29.1 Å². The van der Waals surface area contributed by atoms with Crippen molar-refractivity contribution in [1.29, 1.82) is 0 Å². The van der Waals surface area contributed by atoms with Crippen LogP contribution >= 0.6 is 11.6 Å². The van der Waals surface area contributed by atoms with Crippen LogP contribution in [0.15, 0.2) is 54.6 Å². The first kappa shape index (κ1) is 15.6. The summed E-state index contributed by atoms with van der Waals surface area (Å²) in [5.74, 6) is 0.0397. The summed E-state index contributed by atoms with van der Waals surface area (Å²) in [4.78, 5) is 12.0. The quantitative estimate of drug-likeness (QED) is 0.858. The summed E-state index contributed by atoms with van der Waals surface area (Å²) in [6, 6.07) is 17.9. The Labute approximate surface area is 131 Å². The van der Waals surface area contributed by atoms with Gasteiger partial charge >= 0.3 is 0 Å². The molecule has 0 aliphatic rings. The van der Waals surface area contributed by atoms with E-state index in [2.05, 4.69) is 17.4 Å². The zero-order chi connectivity index (χ0) is 15.1. The van der Waals surface area contributed by atoms with Gasteiger partial charge in [0.05, 0.1) is 6.42 Å². The molecule has 0 bridgehead atoms. The molecule has 2 aromatic rings. The summed E-state index contributed by atoms with van der Waals surface area (Å²) >= 11 is 5.92. The Balaban J connectivity index is 1.77. The molecule has 2 rings (SSSR count). The SMILES string of the molecule is C[C@@H](CCc1ccccc1)NC(=O)Cc1cccc(Cl)c1. The Kier molecular flexibility index (Phi) is 5.82. The lowest BCUT2D eigenvalue weighted by Crippen LogP contribution is -2.34. The molecule has 0 radical (unpaired) electrons. The van der Waals surface area contributed by atoms with E-state index in [0.717, 1.165) is 18.4 Å². The average molecular weight is 302 g/mol. The van der Waals surface area contributed by atoms with Crippen LogP contribution in [0.2, 0.25) is 5.02 Å². The van der Waals surface area contributed by atoms with Gasteiger partial charge < -0.3 is 5.32 Å². The molecule has 2 aromatic carbocycles. The molecule has 0 heterocycles. The Hall–Kier alpha value is -1.80. The molecule has 0 unspecified atom stereocenters. The number of carbonyl (C=O) groups is 1. The van der Waals surface area contributed by atoms with Gasteiger partial charge in [0.2, 0.25) is 5.91 Å². The minimum atomic E-state index is 0.0397. The van der Waals surface area contributed by atoms with Gasteiger partial charge in [-0.05, 0) is 43.0 Å². The molecule has 0 fully saturated rings. The number of nitrogens with one attached hydrogen (secondary N) is 1. The van der Waals surface area contributed by atoms with Crippen molar-refractivity contribution in [2.24, 2.45) is 0 Å². The maximum absolute atomic E-state index is 12.0. The lowest BCUT2D eigenvalue weighted by molar-refractivity contribution is -0.121. The van der Waals surface area contributed by atoms with Crippen molar-refractivity contribution in [3.63, 3.8) is 0 Å². The van der Waals surface area contributed by atoms with Gasteiger partial charge in [0.25, 0.3) is 0 Å². The van der Waals surface area contributed by atoms with Crippen LogP contribution in [0.1, 0.15) is 24.5 Å². The standard InChI is InChI=1S/C18H20ClNO/c1-14(10-11-15-6-3-2-4-7-15)20-18(21)13-16-8-5-9-17(19)12-16/h2-9,12,14H,10-11,13H2,1H3,(H,20,21)/t14-/m0/s1. The van der Waals surface area contributed by atoms with Crippen LogP contribution in [0.5, 0.6) is 0 Å². The highest BCUT2D eigenvalue weighted by atomic mass is 35.5. The first-order valence-corrected chi connectivity index (χ1v) is 7.59. The number of halogens is 1. The Morgan fingerprint density at radius 3 is 2.52 bits per heavy atom. The van der Waals surface area contributed by atoms with E-state index in [1.54, 1.807) is 0 Å². The normalized spacial score (nSPS) is 11.9. The summed E-state index contributed by atoms with van der Waals surface area (Å²) < 4.78 is 0. The first-order chi connectivity index (χ1) is 10.1. The number of hydrogen-bond donors (Lipinski definition) is 1. The summed E-state index contributed by atoms with van der Waals surface area (Å²) in [6.07, 6.45) is 2.28. The van der Waals surface area contributed by atoms with Gasteiger partial charge in [0.1, 0.15) is 0 Å². The molecule has 3 heteroatoms. The molecule has 110 valence electrons. The highest BCUT2D eigenvalue weighted by Crippen LogP contribution is 2.11. The molecule has 21 heavy (non-hydrogen) atoms. The molecule has 0 aliphatic carbocycles. The van der Waals surface area contributed by atoms with Crippen molar-refractivity contribution in [3.8, 4) is 0 Å². The third-order valence-electron chi connectivity index (χ3n) is 3.37. The van der Waals surface area contributed by atoms with E-state index in [1.165, 1.54) is 5.56 Å².